The van der Waals surface area contributed by atoms with Crippen molar-refractivity contribution in [2.45, 2.75) is 0 Å². The highest BCUT2D eigenvalue weighted by Crippen LogP contribution is 1.43. The first-order valence-electron chi connectivity index (χ1n) is 0.912. The first-order chi connectivity index (χ1) is 2.27. The van der Waals surface area contributed by atoms with Crippen LogP contribution in [-0.4, -0.2) is 14.1 Å². The third-order valence-electron chi connectivity index (χ3n) is 0.105. The molecule has 0 rings (SSSR count). The number of hydrogen-bond donors (Lipinski definition) is 1. The molecule has 0 saturated carbocycles. The van der Waals surface area contributed by atoms with Gasteiger partial charge in [0, 0.05) is 0 Å². The molecular formula is H2N2O2Si. The summed E-state index contributed by atoms with van der Waals surface area (Å²) in [5.74, 6) is 0. The fraction of sp³-hybridized carbons (Fsp3) is 0. The Bertz CT molecular complexity index is 58.7. The van der Waals surface area contributed by atoms with Crippen molar-refractivity contribution < 1.29 is 4.59 Å². The Morgan fingerprint density at radius 3 is 2.20 bits per heavy atom. The third-order valence-corrected chi connectivity index (χ3v) is 0.316. The van der Waals surface area contributed by atoms with Gasteiger partial charge in [-0.1, -0.05) is 4.59 Å². The SMILES string of the molecule is N=[SiH][N+](=O)[O-]. The van der Waals surface area contributed by atoms with Crippen molar-refractivity contribution in [1.29, 1.82) is 5.05 Å². The van der Waals surface area contributed by atoms with E-state index in [1.807, 2.05) is 0 Å². The number of nitro groups is 1. The predicted octanol–water partition coefficient (Wildman–Crippen LogP) is -0.623. The second kappa shape index (κ2) is 1.71. The molecule has 5 heavy (non-hydrogen) atoms. The van der Waals surface area contributed by atoms with Crippen molar-refractivity contribution in [2.24, 2.45) is 0 Å². The molecule has 0 aromatic carbocycles. The second-order valence-corrected chi connectivity index (χ2v) is 1.09. The van der Waals surface area contributed by atoms with E-state index in [0.29, 0.717) is 0 Å². The molecule has 4 nitrogen and oxygen atoms in total. The minimum Gasteiger partial charge on any atom is -0.374 e. The summed E-state index contributed by atoms with van der Waals surface area (Å²) in [6.45, 7) is 0. The van der Waals surface area contributed by atoms with Crippen molar-refractivity contribution in [3.8, 4) is 0 Å². The van der Waals surface area contributed by atoms with Crippen LogP contribution in [0.2, 0.25) is 0 Å². The molecule has 1 N–H and O–H groups in total. The van der Waals surface area contributed by atoms with Crippen LogP contribution >= 0.6 is 0 Å². The number of rotatable bonds is 1. The summed E-state index contributed by atoms with van der Waals surface area (Å²) < 4.78 is -0.625. The van der Waals surface area contributed by atoms with Crippen molar-refractivity contribution in [2.75, 3.05) is 0 Å². The molecule has 0 saturated heterocycles. The average molecular weight is 90.1 g/mol. The van der Waals surface area contributed by atoms with Crippen LogP contribution < -0.4 is 0 Å². The molecule has 0 aliphatic heterocycles. The molecule has 0 spiro atoms. The third kappa shape index (κ3) is 3.42. The monoisotopic (exact) mass is 90.0 g/mol. The van der Waals surface area contributed by atoms with Crippen LogP contribution in [0.25, 0.3) is 0 Å². The molecule has 0 radical (unpaired) electrons. The molecule has 0 aromatic rings. The Kier molecular flexibility index (Phi) is 1.51. The number of nitrogens with one attached hydrogen (secondary N) is 1. The Morgan fingerprint density at radius 1 is 2.00 bits per heavy atom. The van der Waals surface area contributed by atoms with Gasteiger partial charge in [-0.3, -0.25) is 0 Å². The molecule has 5 heteroatoms. The van der Waals surface area contributed by atoms with Gasteiger partial charge in [-0.2, -0.15) is 5.05 Å². The van der Waals surface area contributed by atoms with Gasteiger partial charge in [0.25, 0.3) is 0 Å². The Morgan fingerprint density at radius 2 is 2.20 bits per heavy atom. The second-order valence-electron chi connectivity index (χ2n) is 0.414. The summed E-state index contributed by atoms with van der Waals surface area (Å²) in [5, 5.41) is 15.1. The van der Waals surface area contributed by atoms with E-state index in [1.54, 1.807) is 0 Å². The van der Waals surface area contributed by atoms with Gasteiger partial charge < -0.3 is 10.1 Å². The lowest BCUT2D eigenvalue weighted by Gasteiger charge is -1.72. The highest BCUT2D eigenvalue weighted by Gasteiger charge is 1.72. The summed E-state index contributed by atoms with van der Waals surface area (Å²) in [7, 11) is -1.30. The fourth-order valence-corrected chi connectivity index (χ4v) is 0. The molecule has 0 atom stereocenters. The molecular weight excluding hydrogens is 88.1 g/mol. The Balaban J connectivity index is 3.20. The molecule has 0 aromatic heterocycles. The molecule has 0 fully saturated rings. The van der Waals surface area contributed by atoms with Crippen LogP contribution in [0.1, 0.15) is 0 Å². The van der Waals surface area contributed by atoms with E-state index < -0.39 is 14.1 Å². The van der Waals surface area contributed by atoms with Crippen LogP contribution in [0.4, 0.5) is 0 Å². The standard InChI is InChI=1S/H2N2O2Si/c1-5-2(3)4/h1,5H. The Hall–Kier alpha value is -0.583. The van der Waals surface area contributed by atoms with Crippen molar-refractivity contribution >= 4 is 9.47 Å². The summed E-state index contributed by atoms with van der Waals surface area (Å²) in [5.41, 5.74) is 0. The van der Waals surface area contributed by atoms with Crippen molar-refractivity contribution in [3.05, 3.63) is 10.1 Å². The zero-order valence-corrected chi connectivity index (χ0v) is 3.50. The van der Waals surface area contributed by atoms with Gasteiger partial charge in [0.1, 0.15) is 0 Å². The highest BCUT2D eigenvalue weighted by atomic mass is 28.2. The minimum absolute atomic E-state index is 0.625. The number of nitrogens with zero attached hydrogens (tertiary/aromatic N) is 1. The van der Waals surface area contributed by atoms with Gasteiger partial charge in [0.2, 0.25) is 0 Å². The molecule has 0 aliphatic carbocycles. The first-order valence-corrected chi connectivity index (χ1v) is 2.01. The smallest absolute Gasteiger partial charge is 0.374 e. The summed E-state index contributed by atoms with van der Waals surface area (Å²) in [6, 6.07) is 0. The molecule has 0 amide bonds. The summed E-state index contributed by atoms with van der Waals surface area (Å²) in [4.78, 5) is 9.02. The zero-order chi connectivity index (χ0) is 4.28. The van der Waals surface area contributed by atoms with Gasteiger partial charge in [0.05, 0.1) is 0 Å². The lowest BCUT2D eigenvalue weighted by molar-refractivity contribution is -0.318. The normalized spacial score (nSPS) is 6.40. The summed E-state index contributed by atoms with van der Waals surface area (Å²) >= 11 is 0. The van der Waals surface area contributed by atoms with E-state index in [0.717, 1.165) is 0 Å². The van der Waals surface area contributed by atoms with Crippen LogP contribution in [0.5, 0.6) is 0 Å². The van der Waals surface area contributed by atoms with Crippen LogP contribution in [0, 0.1) is 15.2 Å². The molecule has 0 bridgehead atoms. The molecule has 0 unspecified atom stereocenters. The zero-order valence-electron chi connectivity index (χ0n) is 2.34. The van der Waals surface area contributed by atoms with Crippen LogP contribution in [-0.2, 0) is 0 Å². The van der Waals surface area contributed by atoms with Crippen molar-refractivity contribution in [1.82, 2.24) is 0 Å². The molecule has 28 valence electrons. The van der Waals surface area contributed by atoms with E-state index >= 15 is 0 Å². The molecule has 0 heterocycles. The Labute approximate surface area is 30.4 Å². The van der Waals surface area contributed by atoms with Gasteiger partial charge in [-0.05, 0) is 0 Å². The van der Waals surface area contributed by atoms with Crippen molar-refractivity contribution in [3.63, 3.8) is 0 Å². The van der Waals surface area contributed by atoms with E-state index in [9.17, 15) is 0 Å². The number of hydrogen-bond acceptors (Lipinski definition) is 3. The van der Waals surface area contributed by atoms with Gasteiger partial charge in [0.15, 0.2) is 0 Å². The summed E-state index contributed by atoms with van der Waals surface area (Å²) in [6.07, 6.45) is 0. The van der Waals surface area contributed by atoms with E-state index in [2.05, 4.69) is 0 Å². The average Bonchev–Trinajstić information content (AvgIpc) is 1.38. The minimum atomic E-state index is -1.30. The first kappa shape index (κ1) is 4.42. The van der Waals surface area contributed by atoms with Gasteiger partial charge >= 0.3 is 9.47 Å². The van der Waals surface area contributed by atoms with Crippen LogP contribution in [0.3, 0.4) is 0 Å². The maximum Gasteiger partial charge on any atom is 0.536 e. The van der Waals surface area contributed by atoms with E-state index in [-0.39, 0.29) is 0 Å². The molecule has 0 aliphatic rings. The van der Waals surface area contributed by atoms with Gasteiger partial charge in [-0.15, -0.1) is 0 Å². The predicted molar refractivity (Wildman–Crippen MR) is 16.9 cm³/mol. The fourth-order valence-electron chi connectivity index (χ4n) is 0. The lowest BCUT2D eigenvalue weighted by Crippen LogP contribution is -1.90. The van der Waals surface area contributed by atoms with Gasteiger partial charge in [-0.25, -0.2) is 0 Å². The van der Waals surface area contributed by atoms with Crippen LogP contribution in [0.15, 0.2) is 0 Å². The lowest BCUT2D eigenvalue weighted by atomic mass is 13.4. The quantitative estimate of drug-likeness (QED) is 0.265. The highest BCUT2D eigenvalue weighted by molar-refractivity contribution is 6.06. The maximum absolute atomic E-state index is 9.02. The topological polar surface area (TPSA) is 67.0 Å². The maximum atomic E-state index is 9.02. The largest absolute Gasteiger partial charge is 0.536 e. The van der Waals surface area contributed by atoms with E-state index in [1.165, 1.54) is 0 Å². The van der Waals surface area contributed by atoms with E-state index in [4.69, 9.17) is 15.2 Å².